The number of nitrogens with one attached hydrogen (secondary N) is 1. The summed E-state index contributed by atoms with van der Waals surface area (Å²) in [6.07, 6.45) is 3.07. The number of amides is 1. The fourth-order valence-corrected chi connectivity index (χ4v) is 3.63. The molecule has 1 amide bonds. The van der Waals surface area contributed by atoms with Gasteiger partial charge in [-0.3, -0.25) is 4.79 Å². The van der Waals surface area contributed by atoms with Gasteiger partial charge in [-0.05, 0) is 36.1 Å². The van der Waals surface area contributed by atoms with Crippen LogP contribution in [0.3, 0.4) is 0 Å². The summed E-state index contributed by atoms with van der Waals surface area (Å²) in [5, 5.41) is 12.5. The molecule has 0 bridgehead atoms. The Bertz CT molecular complexity index is 912. The number of hydrogen-bond donors (Lipinski definition) is 1. The Morgan fingerprint density at radius 3 is 2.50 bits per heavy atom. The molecule has 1 aromatic heterocycles. The zero-order valence-corrected chi connectivity index (χ0v) is 16.8. The van der Waals surface area contributed by atoms with Gasteiger partial charge >= 0.3 is 0 Å². The quantitative estimate of drug-likeness (QED) is 0.593. The lowest BCUT2D eigenvalue weighted by Gasteiger charge is -2.09. The Hall–Kier alpha value is -2.93. The summed E-state index contributed by atoms with van der Waals surface area (Å²) in [7, 11) is 3.15. The number of carbonyl (C=O) groups is 1. The van der Waals surface area contributed by atoms with Gasteiger partial charge < -0.3 is 14.8 Å². The Morgan fingerprint density at radius 2 is 1.75 bits per heavy atom. The first-order chi connectivity index (χ1) is 13.7. The van der Waals surface area contributed by atoms with E-state index in [2.05, 4.69) is 27.6 Å². The van der Waals surface area contributed by atoms with E-state index in [0.717, 1.165) is 29.8 Å². The minimum absolute atomic E-state index is 0.140. The van der Waals surface area contributed by atoms with Gasteiger partial charge in [0.1, 0.15) is 5.01 Å². The Balaban J connectivity index is 1.49. The van der Waals surface area contributed by atoms with Crippen LogP contribution < -0.4 is 14.8 Å². The van der Waals surface area contributed by atoms with Gasteiger partial charge in [0, 0.05) is 6.42 Å². The molecule has 2 aromatic carbocycles. The monoisotopic (exact) mass is 397 g/mol. The van der Waals surface area contributed by atoms with E-state index in [1.165, 1.54) is 16.9 Å². The van der Waals surface area contributed by atoms with Crippen LogP contribution in [0.4, 0.5) is 5.13 Å². The molecular formula is C21H23N3O3S. The second-order valence-corrected chi connectivity index (χ2v) is 7.32. The number of ether oxygens (including phenoxy) is 2. The van der Waals surface area contributed by atoms with Gasteiger partial charge in [0.2, 0.25) is 11.0 Å². The summed E-state index contributed by atoms with van der Waals surface area (Å²) in [6.45, 7) is 0. The fraction of sp³-hybridized carbons (Fsp3) is 0.286. The van der Waals surface area contributed by atoms with Crippen molar-refractivity contribution >= 4 is 22.4 Å². The number of aryl methyl sites for hydroxylation is 2. The first-order valence-electron chi connectivity index (χ1n) is 9.05. The Kier molecular flexibility index (Phi) is 6.97. The molecule has 7 heteroatoms. The van der Waals surface area contributed by atoms with Gasteiger partial charge in [-0.25, -0.2) is 0 Å². The van der Waals surface area contributed by atoms with Crippen molar-refractivity contribution in [3.63, 3.8) is 0 Å². The maximum atomic E-state index is 12.3. The van der Waals surface area contributed by atoms with Crippen molar-refractivity contribution in [2.24, 2.45) is 0 Å². The van der Waals surface area contributed by atoms with Crippen LogP contribution in [0.1, 0.15) is 22.6 Å². The number of benzene rings is 2. The van der Waals surface area contributed by atoms with Crippen molar-refractivity contribution in [1.29, 1.82) is 0 Å². The molecule has 3 rings (SSSR count). The molecule has 0 aliphatic heterocycles. The average molecular weight is 398 g/mol. The molecule has 0 unspecified atom stereocenters. The van der Waals surface area contributed by atoms with Crippen LogP contribution in [-0.4, -0.2) is 30.3 Å². The third-order valence-electron chi connectivity index (χ3n) is 4.22. The van der Waals surface area contributed by atoms with Gasteiger partial charge in [0.05, 0.1) is 20.6 Å². The van der Waals surface area contributed by atoms with Gasteiger partial charge in [-0.15, -0.1) is 10.2 Å². The zero-order valence-electron chi connectivity index (χ0n) is 16.0. The second kappa shape index (κ2) is 9.85. The minimum atomic E-state index is -0.140. The number of anilines is 1. The van der Waals surface area contributed by atoms with E-state index in [0.29, 0.717) is 16.6 Å². The van der Waals surface area contributed by atoms with E-state index < -0.39 is 0 Å². The molecule has 28 heavy (non-hydrogen) atoms. The highest BCUT2D eigenvalue weighted by Gasteiger charge is 2.11. The Morgan fingerprint density at radius 1 is 0.964 bits per heavy atom. The van der Waals surface area contributed by atoms with Crippen molar-refractivity contribution in [1.82, 2.24) is 10.2 Å². The molecule has 0 saturated heterocycles. The molecule has 6 nitrogen and oxygen atoms in total. The standard InChI is InChI=1S/C21H23N3O3S/c1-26-17-12-11-16(13-18(17)27-2)14-19(25)22-21-24-23-20(28-21)10-6-9-15-7-4-3-5-8-15/h3-5,7-8,11-13H,6,9-10,14H2,1-2H3,(H,22,24,25). The molecule has 0 radical (unpaired) electrons. The molecule has 0 atom stereocenters. The lowest BCUT2D eigenvalue weighted by molar-refractivity contribution is -0.115. The number of rotatable bonds is 9. The van der Waals surface area contributed by atoms with E-state index in [1.54, 1.807) is 26.4 Å². The number of carbonyl (C=O) groups excluding carboxylic acids is 1. The molecule has 146 valence electrons. The fourth-order valence-electron chi connectivity index (χ4n) is 2.83. The summed E-state index contributed by atoms with van der Waals surface area (Å²) < 4.78 is 10.5. The van der Waals surface area contributed by atoms with Gasteiger partial charge in [-0.1, -0.05) is 47.7 Å². The number of nitrogens with zero attached hydrogens (tertiary/aromatic N) is 2. The molecule has 1 heterocycles. The predicted molar refractivity (Wildman–Crippen MR) is 110 cm³/mol. The lowest BCUT2D eigenvalue weighted by Crippen LogP contribution is -2.14. The first kappa shape index (κ1) is 19.8. The molecule has 0 saturated carbocycles. The SMILES string of the molecule is COc1ccc(CC(=O)Nc2nnc(CCCc3ccccc3)s2)cc1OC. The van der Waals surface area contributed by atoms with Crippen LogP contribution in [0.15, 0.2) is 48.5 Å². The van der Waals surface area contributed by atoms with Crippen LogP contribution in [-0.2, 0) is 24.1 Å². The maximum Gasteiger partial charge on any atom is 0.230 e. The molecule has 3 aromatic rings. The van der Waals surface area contributed by atoms with Crippen molar-refractivity contribution in [3.05, 3.63) is 64.7 Å². The Labute approximate surface area is 168 Å². The van der Waals surface area contributed by atoms with Gasteiger partial charge in [0.15, 0.2) is 11.5 Å². The summed E-state index contributed by atoms with van der Waals surface area (Å²) in [5.41, 5.74) is 2.15. The third-order valence-corrected chi connectivity index (χ3v) is 5.12. The van der Waals surface area contributed by atoms with E-state index in [4.69, 9.17) is 9.47 Å². The second-order valence-electron chi connectivity index (χ2n) is 6.25. The largest absolute Gasteiger partial charge is 0.493 e. The van der Waals surface area contributed by atoms with Crippen LogP contribution >= 0.6 is 11.3 Å². The van der Waals surface area contributed by atoms with Crippen LogP contribution in [0.25, 0.3) is 0 Å². The summed E-state index contributed by atoms with van der Waals surface area (Å²) in [6, 6.07) is 15.8. The first-order valence-corrected chi connectivity index (χ1v) is 9.86. The van der Waals surface area contributed by atoms with E-state index >= 15 is 0 Å². The van der Waals surface area contributed by atoms with Gasteiger partial charge in [0.25, 0.3) is 0 Å². The summed E-state index contributed by atoms with van der Waals surface area (Å²) in [4.78, 5) is 12.3. The molecule has 1 N–H and O–H groups in total. The smallest absolute Gasteiger partial charge is 0.230 e. The number of aromatic nitrogens is 2. The number of methoxy groups -OCH3 is 2. The van der Waals surface area contributed by atoms with Crippen molar-refractivity contribution in [2.45, 2.75) is 25.7 Å². The van der Waals surface area contributed by atoms with Gasteiger partial charge in [-0.2, -0.15) is 0 Å². The molecule has 0 aliphatic rings. The normalized spacial score (nSPS) is 10.5. The highest BCUT2D eigenvalue weighted by Crippen LogP contribution is 2.28. The predicted octanol–water partition coefficient (Wildman–Crippen LogP) is 3.91. The highest BCUT2D eigenvalue weighted by molar-refractivity contribution is 7.15. The van der Waals surface area contributed by atoms with Crippen molar-refractivity contribution in [3.8, 4) is 11.5 Å². The van der Waals surface area contributed by atoms with Crippen molar-refractivity contribution < 1.29 is 14.3 Å². The zero-order chi connectivity index (χ0) is 19.8. The number of hydrogen-bond acceptors (Lipinski definition) is 6. The molecular weight excluding hydrogens is 374 g/mol. The molecule has 0 fully saturated rings. The highest BCUT2D eigenvalue weighted by atomic mass is 32.1. The van der Waals surface area contributed by atoms with Crippen molar-refractivity contribution in [2.75, 3.05) is 19.5 Å². The third kappa shape index (κ3) is 5.53. The molecule has 0 spiro atoms. The maximum absolute atomic E-state index is 12.3. The van der Waals surface area contributed by atoms with Crippen LogP contribution in [0.2, 0.25) is 0 Å². The summed E-state index contributed by atoms with van der Waals surface area (Å²) >= 11 is 1.42. The lowest BCUT2D eigenvalue weighted by atomic mass is 10.1. The minimum Gasteiger partial charge on any atom is -0.493 e. The van der Waals surface area contributed by atoms with Crippen LogP contribution in [0.5, 0.6) is 11.5 Å². The summed E-state index contributed by atoms with van der Waals surface area (Å²) in [5.74, 6) is 1.10. The van der Waals surface area contributed by atoms with E-state index in [1.807, 2.05) is 24.3 Å². The topological polar surface area (TPSA) is 73.3 Å². The van der Waals surface area contributed by atoms with E-state index in [9.17, 15) is 4.79 Å². The van der Waals surface area contributed by atoms with E-state index in [-0.39, 0.29) is 12.3 Å². The van der Waals surface area contributed by atoms with Crippen LogP contribution in [0, 0.1) is 0 Å². The average Bonchev–Trinajstić information content (AvgIpc) is 3.15. The molecule has 0 aliphatic carbocycles.